The van der Waals surface area contributed by atoms with Gasteiger partial charge in [0.25, 0.3) is 5.91 Å². The molecule has 1 N–H and O–H groups in total. The van der Waals surface area contributed by atoms with Gasteiger partial charge in [0.2, 0.25) is 0 Å². The molecule has 1 amide bonds. The molecule has 0 aliphatic carbocycles. The zero-order chi connectivity index (χ0) is 26.0. The largest absolute Gasteiger partial charge is 0.485 e. The molecule has 2 aromatic carbocycles. The fourth-order valence-electron chi connectivity index (χ4n) is 3.92. The number of nitrogens with one attached hydrogen (secondary N) is 1. The van der Waals surface area contributed by atoms with Crippen molar-refractivity contribution < 1.29 is 13.9 Å². The van der Waals surface area contributed by atoms with Crippen LogP contribution in [0.15, 0.2) is 57.4 Å². The Morgan fingerprint density at radius 1 is 1.17 bits per heavy atom. The summed E-state index contributed by atoms with van der Waals surface area (Å²) in [5.41, 5.74) is 5.69. The highest BCUT2D eigenvalue weighted by molar-refractivity contribution is 9.10. The number of aryl methyl sites for hydroxylation is 2. The van der Waals surface area contributed by atoms with E-state index in [1.807, 2.05) is 61.9 Å². The summed E-state index contributed by atoms with van der Waals surface area (Å²) < 4.78 is 14.7. The number of aromatic nitrogens is 2. The SMILES string of the molecule is Cc1cc(OCc2ccc(C(=O)Nc3cccc(Cn4nc(C)c(Br)c4C)c3)o2)c(C(C)C)cc1Cl. The molecule has 2 aromatic heterocycles. The van der Waals surface area contributed by atoms with E-state index in [0.29, 0.717) is 18.0 Å². The Morgan fingerprint density at radius 2 is 1.94 bits per heavy atom. The van der Waals surface area contributed by atoms with Crippen molar-refractivity contribution in [1.82, 2.24) is 9.78 Å². The Kier molecular flexibility index (Phi) is 7.91. The lowest BCUT2D eigenvalue weighted by Crippen LogP contribution is -2.11. The summed E-state index contributed by atoms with van der Waals surface area (Å²) in [6, 6.07) is 15.0. The molecule has 8 heteroatoms. The number of carbonyl (C=O) groups excluding carboxylic acids is 1. The van der Waals surface area contributed by atoms with Crippen LogP contribution in [0.1, 0.15) is 64.2 Å². The second-order valence-corrected chi connectivity index (χ2v) is 10.3. The number of nitrogens with zero attached hydrogens (tertiary/aromatic N) is 2. The molecule has 0 aliphatic rings. The average Bonchev–Trinajstić information content (AvgIpc) is 3.40. The summed E-state index contributed by atoms with van der Waals surface area (Å²) in [7, 11) is 0. The van der Waals surface area contributed by atoms with Crippen molar-refractivity contribution in [2.75, 3.05) is 5.32 Å². The van der Waals surface area contributed by atoms with Crippen molar-refractivity contribution in [2.45, 2.75) is 53.7 Å². The summed E-state index contributed by atoms with van der Waals surface area (Å²) in [6.45, 7) is 10.9. The van der Waals surface area contributed by atoms with Gasteiger partial charge >= 0.3 is 0 Å². The molecule has 0 saturated carbocycles. The monoisotopic (exact) mass is 569 g/mol. The molecule has 4 rings (SSSR count). The van der Waals surface area contributed by atoms with Gasteiger partial charge in [0.05, 0.1) is 22.4 Å². The van der Waals surface area contributed by atoms with Gasteiger partial charge in [-0.05, 0) is 95.7 Å². The number of rotatable bonds is 8. The van der Waals surface area contributed by atoms with Crippen molar-refractivity contribution in [3.63, 3.8) is 0 Å². The molecule has 4 aromatic rings. The van der Waals surface area contributed by atoms with E-state index in [9.17, 15) is 4.79 Å². The average molecular weight is 571 g/mol. The maximum atomic E-state index is 12.8. The predicted molar refractivity (Wildman–Crippen MR) is 146 cm³/mol. The number of hydrogen-bond acceptors (Lipinski definition) is 4. The minimum atomic E-state index is -0.322. The zero-order valence-corrected chi connectivity index (χ0v) is 23.3. The number of anilines is 1. The summed E-state index contributed by atoms with van der Waals surface area (Å²) >= 11 is 9.85. The standard InChI is InChI=1S/C28H29BrClN3O3/c1-16(2)23-13-24(30)17(3)11-26(23)35-15-22-9-10-25(36-22)28(34)31-21-8-6-7-20(12-21)14-33-19(5)27(29)18(4)32-33/h6-13,16H,14-15H2,1-5H3,(H,31,34). The van der Waals surface area contributed by atoms with Crippen LogP contribution in [0.5, 0.6) is 5.75 Å². The number of carbonyl (C=O) groups is 1. The van der Waals surface area contributed by atoms with Gasteiger partial charge in [0.1, 0.15) is 18.1 Å². The van der Waals surface area contributed by atoms with E-state index in [4.69, 9.17) is 20.8 Å². The van der Waals surface area contributed by atoms with Crippen LogP contribution in [-0.2, 0) is 13.2 Å². The third-order valence-electron chi connectivity index (χ3n) is 5.98. The van der Waals surface area contributed by atoms with E-state index in [0.717, 1.165) is 43.3 Å². The van der Waals surface area contributed by atoms with Crippen LogP contribution in [0.25, 0.3) is 0 Å². The Labute approximate surface area is 224 Å². The lowest BCUT2D eigenvalue weighted by Gasteiger charge is -2.15. The highest BCUT2D eigenvalue weighted by Crippen LogP contribution is 2.32. The van der Waals surface area contributed by atoms with Gasteiger partial charge < -0.3 is 14.5 Å². The van der Waals surface area contributed by atoms with Crippen LogP contribution in [0, 0.1) is 20.8 Å². The van der Waals surface area contributed by atoms with Gasteiger partial charge in [-0.1, -0.05) is 37.6 Å². The van der Waals surface area contributed by atoms with Crippen LogP contribution in [0.3, 0.4) is 0 Å². The highest BCUT2D eigenvalue weighted by Gasteiger charge is 2.15. The molecule has 2 heterocycles. The van der Waals surface area contributed by atoms with E-state index in [1.54, 1.807) is 12.1 Å². The first-order chi connectivity index (χ1) is 17.1. The molecule has 0 unspecified atom stereocenters. The molecule has 6 nitrogen and oxygen atoms in total. The molecular formula is C28H29BrClN3O3. The van der Waals surface area contributed by atoms with Crippen LogP contribution in [0.4, 0.5) is 5.69 Å². The number of hydrogen-bond donors (Lipinski definition) is 1. The van der Waals surface area contributed by atoms with E-state index in [-0.39, 0.29) is 24.2 Å². The maximum Gasteiger partial charge on any atom is 0.291 e. The number of halogens is 2. The van der Waals surface area contributed by atoms with E-state index >= 15 is 0 Å². The minimum absolute atomic E-state index is 0.210. The first-order valence-corrected chi connectivity index (χ1v) is 12.9. The van der Waals surface area contributed by atoms with Gasteiger partial charge in [-0.15, -0.1) is 0 Å². The molecule has 0 fully saturated rings. The second-order valence-electron chi connectivity index (χ2n) is 9.15. The zero-order valence-electron chi connectivity index (χ0n) is 21.0. The lowest BCUT2D eigenvalue weighted by atomic mass is 10.0. The summed E-state index contributed by atoms with van der Waals surface area (Å²) in [4.78, 5) is 12.8. The van der Waals surface area contributed by atoms with Crippen molar-refractivity contribution in [1.29, 1.82) is 0 Å². The highest BCUT2D eigenvalue weighted by atomic mass is 79.9. The van der Waals surface area contributed by atoms with Gasteiger partial charge in [-0.25, -0.2) is 0 Å². The third kappa shape index (κ3) is 5.85. The van der Waals surface area contributed by atoms with Gasteiger partial charge in [0, 0.05) is 10.7 Å². The van der Waals surface area contributed by atoms with Crippen molar-refractivity contribution in [3.8, 4) is 5.75 Å². The second kappa shape index (κ2) is 10.9. The fourth-order valence-corrected chi connectivity index (χ4v) is 4.37. The van der Waals surface area contributed by atoms with Gasteiger partial charge in [-0.2, -0.15) is 5.10 Å². The van der Waals surface area contributed by atoms with Crippen LogP contribution < -0.4 is 10.1 Å². The molecular weight excluding hydrogens is 542 g/mol. The lowest BCUT2D eigenvalue weighted by molar-refractivity contribution is 0.0992. The van der Waals surface area contributed by atoms with Crippen LogP contribution >= 0.6 is 27.5 Å². The summed E-state index contributed by atoms with van der Waals surface area (Å²) in [6.07, 6.45) is 0. The molecule has 0 saturated heterocycles. The van der Waals surface area contributed by atoms with Crippen molar-refractivity contribution in [2.24, 2.45) is 0 Å². The molecule has 0 atom stereocenters. The summed E-state index contributed by atoms with van der Waals surface area (Å²) in [5, 5.41) is 8.19. The molecule has 0 bridgehead atoms. The van der Waals surface area contributed by atoms with Crippen molar-refractivity contribution >= 4 is 39.1 Å². The molecule has 0 aliphatic heterocycles. The molecule has 36 heavy (non-hydrogen) atoms. The Morgan fingerprint density at radius 3 is 2.64 bits per heavy atom. The molecule has 188 valence electrons. The predicted octanol–water partition coefficient (Wildman–Crippen LogP) is 7.82. The number of benzene rings is 2. The first-order valence-electron chi connectivity index (χ1n) is 11.7. The van der Waals surface area contributed by atoms with Crippen LogP contribution in [0.2, 0.25) is 5.02 Å². The quantitative estimate of drug-likeness (QED) is 0.234. The third-order valence-corrected chi connectivity index (χ3v) is 7.53. The molecule has 0 radical (unpaired) electrons. The number of ether oxygens (including phenoxy) is 1. The van der Waals surface area contributed by atoms with E-state index in [1.165, 1.54) is 0 Å². The summed E-state index contributed by atoms with van der Waals surface area (Å²) in [5.74, 6) is 1.48. The number of furan rings is 1. The van der Waals surface area contributed by atoms with E-state index in [2.05, 4.69) is 40.2 Å². The first kappa shape index (κ1) is 26.0. The van der Waals surface area contributed by atoms with Crippen molar-refractivity contribution in [3.05, 3.63) is 97.6 Å². The van der Waals surface area contributed by atoms with Gasteiger partial charge in [-0.3, -0.25) is 9.48 Å². The van der Waals surface area contributed by atoms with Crippen LogP contribution in [-0.4, -0.2) is 15.7 Å². The normalized spacial score (nSPS) is 11.2. The van der Waals surface area contributed by atoms with E-state index < -0.39 is 0 Å². The van der Waals surface area contributed by atoms with Gasteiger partial charge in [0.15, 0.2) is 5.76 Å². The smallest absolute Gasteiger partial charge is 0.291 e. The Hall–Kier alpha value is -3.03. The Balaban J connectivity index is 1.41. The fraction of sp³-hybridized carbons (Fsp3) is 0.286. The molecule has 0 spiro atoms. The number of amides is 1. The maximum absolute atomic E-state index is 12.8. The topological polar surface area (TPSA) is 69.3 Å². The minimum Gasteiger partial charge on any atom is -0.485 e. The Bertz CT molecular complexity index is 1410.